The molecule has 0 atom stereocenters. The van der Waals surface area contributed by atoms with Gasteiger partial charge in [-0.15, -0.1) is 0 Å². The van der Waals surface area contributed by atoms with Gasteiger partial charge in [0, 0.05) is 5.57 Å². The average Bonchev–Trinajstić information content (AvgIpc) is 1.85. The summed E-state index contributed by atoms with van der Waals surface area (Å²) >= 11 is 0. The van der Waals surface area contributed by atoms with Crippen LogP contribution in [0.4, 0.5) is 0 Å². The molecule has 0 amide bonds. The van der Waals surface area contributed by atoms with Crippen LogP contribution >= 0.6 is 0 Å². The number of ether oxygens (including phenoxy) is 1. The molecule has 0 aromatic heterocycles. The van der Waals surface area contributed by atoms with Crippen molar-refractivity contribution in [3.05, 3.63) is 11.6 Å². The molecule has 0 saturated heterocycles. The molecule has 0 saturated carbocycles. The molecule has 0 aromatic rings. The summed E-state index contributed by atoms with van der Waals surface area (Å²) in [6.45, 7) is 10.1. The van der Waals surface area contributed by atoms with Crippen LogP contribution in [0.3, 0.4) is 0 Å². The third-order valence-corrected chi connectivity index (χ3v) is 1.59. The Morgan fingerprint density at radius 1 is 1.42 bits per heavy atom. The fraction of sp³-hybridized carbons (Fsp3) is 0.700. The predicted octanol–water partition coefficient (Wildman–Crippen LogP) is 2.54. The van der Waals surface area contributed by atoms with Crippen LogP contribution in [-0.2, 0) is 9.53 Å². The van der Waals surface area contributed by atoms with E-state index in [1.165, 1.54) is 0 Å². The standard InChI is InChI=1S/C10H18O2/c1-6-8(10(3,4)5)9(11)12-7-2/h6H,7H2,1-5H3/b8-6-. The molecule has 0 rings (SSSR count). The van der Waals surface area contributed by atoms with Crippen molar-refractivity contribution >= 4 is 5.97 Å². The summed E-state index contributed by atoms with van der Waals surface area (Å²) in [5, 5.41) is 0. The van der Waals surface area contributed by atoms with Crippen LogP contribution in [0.15, 0.2) is 11.6 Å². The Morgan fingerprint density at radius 3 is 2.17 bits per heavy atom. The smallest absolute Gasteiger partial charge is 0.334 e. The number of rotatable bonds is 2. The van der Waals surface area contributed by atoms with Gasteiger partial charge in [-0.25, -0.2) is 4.79 Å². The highest BCUT2D eigenvalue weighted by Crippen LogP contribution is 2.25. The predicted molar refractivity (Wildman–Crippen MR) is 49.8 cm³/mol. The number of hydrogen-bond donors (Lipinski definition) is 0. The van der Waals surface area contributed by atoms with E-state index in [4.69, 9.17) is 4.74 Å². The fourth-order valence-corrected chi connectivity index (χ4v) is 1.07. The van der Waals surface area contributed by atoms with Crippen LogP contribution in [0, 0.1) is 5.41 Å². The molecular weight excluding hydrogens is 152 g/mol. The van der Waals surface area contributed by atoms with Gasteiger partial charge in [-0.1, -0.05) is 26.8 Å². The Hall–Kier alpha value is -0.790. The first-order valence-electron chi connectivity index (χ1n) is 4.27. The number of carbonyl (C=O) groups excluding carboxylic acids is 1. The van der Waals surface area contributed by atoms with Crippen LogP contribution in [0.5, 0.6) is 0 Å². The Balaban J connectivity index is 4.49. The van der Waals surface area contributed by atoms with Crippen molar-refractivity contribution < 1.29 is 9.53 Å². The van der Waals surface area contributed by atoms with Gasteiger partial charge < -0.3 is 4.74 Å². The van der Waals surface area contributed by atoms with E-state index in [1.54, 1.807) is 0 Å². The minimum Gasteiger partial charge on any atom is -0.463 e. The minimum absolute atomic E-state index is 0.124. The van der Waals surface area contributed by atoms with E-state index in [2.05, 4.69) is 0 Å². The van der Waals surface area contributed by atoms with Gasteiger partial charge in [0.2, 0.25) is 0 Å². The van der Waals surface area contributed by atoms with Gasteiger partial charge in [0.15, 0.2) is 0 Å². The van der Waals surface area contributed by atoms with E-state index in [9.17, 15) is 4.79 Å². The van der Waals surface area contributed by atoms with Crippen LogP contribution in [0.25, 0.3) is 0 Å². The van der Waals surface area contributed by atoms with Gasteiger partial charge in [0.25, 0.3) is 0 Å². The third kappa shape index (κ3) is 3.07. The summed E-state index contributed by atoms with van der Waals surface area (Å²) < 4.78 is 4.91. The monoisotopic (exact) mass is 170 g/mol. The van der Waals surface area contributed by atoms with Gasteiger partial charge >= 0.3 is 5.97 Å². The maximum Gasteiger partial charge on any atom is 0.334 e. The molecule has 2 nitrogen and oxygen atoms in total. The van der Waals surface area contributed by atoms with Gasteiger partial charge in [-0.05, 0) is 19.3 Å². The lowest BCUT2D eigenvalue weighted by Gasteiger charge is -2.20. The van der Waals surface area contributed by atoms with Crippen molar-refractivity contribution in [2.45, 2.75) is 34.6 Å². The van der Waals surface area contributed by atoms with Crippen molar-refractivity contribution in [2.24, 2.45) is 5.41 Å². The zero-order valence-electron chi connectivity index (χ0n) is 8.60. The van der Waals surface area contributed by atoms with Crippen molar-refractivity contribution in [3.63, 3.8) is 0 Å². The first-order chi connectivity index (χ1) is 5.43. The number of hydrogen-bond acceptors (Lipinski definition) is 2. The van der Waals surface area contributed by atoms with Gasteiger partial charge in [-0.2, -0.15) is 0 Å². The lowest BCUT2D eigenvalue weighted by Crippen LogP contribution is -2.19. The second-order valence-corrected chi connectivity index (χ2v) is 3.67. The molecule has 0 aliphatic rings. The largest absolute Gasteiger partial charge is 0.463 e. The van der Waals surface area contributed by atoms with Crippen molar-refractivity contribution in [2.75, 3.05) is 6.61 Å². The maximum atomic E-state index is 11.3. The Morgan fingerprint density at radius 2 is 1.92 bits per heavy atom. The molecule has 0 bridgehead atoms. The van der Waals surface area contributed by atoms with E-state index in [0.29, 0.717) is 6.61 Å². The van der Waals surface area contributed by atoms with E-state index in [-0.39, 0.29) is 11.4 Å². The minimum atomic E-state index is -0.201. The van der Waals surface area contributed by atoms with E-state index >= 15 is 0 Å². The fourth-order valence-electron chi connectivity index (χ4n) is 1.07. The number of allylic oxidation sites excluding steroid dienone is 1. The van der Waals surface area contributed by atoms with E-state index in [0.717, 1.165) is 5.57 Å². The van der Waals surface area contributed by atoms with E-state index in [1.807, 2.05) is 40.7 Å². The molecular formula is C10H18O2. The van der Waals surface area contributed by atoms with Gasteiger partial charge in [-0.3, -0.25) is 0 Å². The summed E-state index contributed by atoms with van der Waals surface area (Å²) in [4.78, 5) is 11.3. The second kappa shape index (κ2) is 4.29. The van der Waals surface area contributed by atoms with Crippen molar-refractivity contribution in [1.82, 2.24) is 0 Å². The van der Waals surface area contributed by atoms with Crippen molar-refractivity contribution in [1.29, 1.82) is 0 Å². The summed E-state index contributed by atoms with van der Waals surface area (Å²) in [6, 6.07) is 0. The first-order valence-corrected chi connectivity index (χ1v) is 4.27. The highest BCUT2D eigenvalue weighted by molar-refractivity contribution is 5.89. The first kappa shape index (κ1) is 11.2. The zero-order chi connectivity index (χ0) is 9.78. The zero-order valence-corrected chi connectivity index (χ0v) is 8.60. The molecule has 12 heavy (non-hydrogen) atoms. The molecule has 0 radical (unpaired) electrons. The SMILES string of the molecule is C/C=C(/C(=O)OCC)C(C)(C)C. The summed E-state index contributed by atoms with van der Waals surface area (Å²) in [7, 11) is 0. The van der Waals surface area contributed by atoms with E-state index < -0.39 is 0 Å². The topological polar surface area (TPSA) is 26.3 Å². The lowest BCUT2D eigenvalue weighted by molar-refractivity contribution is -0.139. The molecule has 70 valence electrons. The second-order valence-electron chi connectivity index (χ2n) is 3.67. The van der Waals surface area contributed by atoms with Crippen LogP contribution < -0.4 is 0 Å². The van der Waals surface area contributed by atoms with Crippen molar-refractivity contribution in [3.8, 4) is 0 Å². The quantitative estimate of drug-likeness (QED) is 0.470. The summed E-state index contributed by atoms with van der Waals surface area (Å²) in [5.74, 6) is -0.201. The highest BCUT2D eigenvalue weighted by Gasteiger charge is 2.23. The summed E-state index contributed by atoms with van der Waals surface area (Å²) in [6.07, 6.45) is 1.82. The third-order valence-electron chi connectivity index (χ3n) is 1.59. The maximum absolute atomic E-state index is 11.3. The molecule has 0 aliphatic carbocycles. The molecule has 0 fully saturated rings. The lowest BCUT2D eigenvalue weighted by atomic mass is 9.86. The molecule has 2 heteroatoms. The molecule has 0 spiro atoms. The molecule has 0 aromatic carbocycles. The normalized spacial score (nSPS) is 12.9. The molecule has 0 unspecified atom stereocenters. The number of carbonyl (C=O) groups is 1. The highest BCUT2D eigenvalue weighted by atomic mass is 16.5. The van der Waals surface area contributed by atoms with Gasteiger partial charge in [0.05, 0.1) is 6.61 Å². The molecule has 0 aliphatic heterocycles. The average molecular weight is 170 g/mol. The van der Waals surface area contributed by atoms with Crippen LogP contribution in [0.2, 0.25) is 0 Å². The Kier molecular flexibility index (Phi) is 4.01. The van der Waals surface area contributed by atoms with Crippen LogP contribution in [-0.4, -0.2) is 12.6 Å². The summed E-state index contributed by atoms with van der Waals surface area (Å²) in [5.41, 5.74) is 0.616. The Bertz CT molecular complexity index is 185. The van der Waals surface area contributed by atoms with Crippen LogP contribution in [0.1, 0.15) is 34.6 Å². The molecule has 0 N–H and O–H groups in total. The van der Waals surface area contributed by atoms with Gasteiger partial charge in [0.1, 0.15) is 0 Å². The number of esters is 1. The Labute approximate surface area is 74.6 Å². The molecule has 0 heterocycles.